The van der Waals surface area contributed by atoms with Crippen LogP contribution in [0.4, 0.5) is 4.39 Å². The highest BCUT2D eigenvalue weighted by atomic mass is 32.2. The van der Waals surface area contributed by atoms with Crippen molar-refractivity contribution in [2.24, 2.45) is 0 Å². The van der Waals surface area contributed by atoms with Crippen molar-refractivity contribution in [3.8, 4) is 0 Å². The Morgan fingerprint density at radius 2 is 2.00 bits per heavy atom. The van der Waals surface area contributed by atoms with E-state index in [0.29, 0.717) is 17.0 Å². The third kappa shape index (κ3) is 4.19. The number of thioether (sulfide) groups is 1. The number of rotatable bonds is 8. The summed E-state index contributed by atoms with van der Waals surface area (Å²) in [4.78, 5) is 12.7. The molecule has 0 aliphatic heterocycles. The molecule has 7 heteroatoms. The van der Waals surface area contributed by atoms with Crippen LogP contribution in [0.2, 0.25) is 0 Å². The van der Waals surface area contributed by atoms with Gasteiger partial charge in [-0.25, -0.2) is 4.39 Å². The van der Waals surface area contributed by atoms with E-state index in [2.05, 4.69) is 14.8 Å². The number of hydrogen-bond donors (Lipinski definition) is 0. The van der Waals surface area contributed by atoms with Crippen molar-refractivity contribution in [3.05, 3.63) is 64.6 Å². The van der Waals surface area contributed by atoms with Gasteiger partial charge < -0.3 is 8.98 Å². The molecule has 4 rings (SSSR count). The second-order valence-corrected chi connectivity index (χ2v) is 8.13. The highest BCUT2D eigenvalue weighted by Crippen LogP contribution is 2.39. The van der Waals surface area contributed by atoms with E-state index in [9.17, 15) is 9.18 Å². The van der Waals surface area contributed by atoms with Crippen molar-refractivity contribution in [3.63, 3.8) is 0 Å². The molecule has 5 nitrogen and oxygen atoms in total. The van der Waals surface area contributed by atoms with E-state index in [1.54, 1.807) is 12.1 Å². The molecule has 0 spiro atoms. The van der Waals surface area contributed by atoms with Crippen molar-refractivity contribution >= 4 is 17.5 Å². The molecule has 146 valence electrons. The van der Waals surface area contributed by atoms with Crippen molar-refractivity contribution in [1.29, 1.82) is 0 Å². The molecule has 0 bridgehead atoms. The number of aromatic nitrogens is 3. The molecule has 0 amide bonds. The monoisotopic (exact) mass is 399 g/mol. The van der Waals surface area contributed by atoms with Gasteiger partial charge in [0.2, 0.25) is 5.89 Å². The fourth-order valence-electron chi connectivity index (χ4n) is 3.30. The van der Waals surface area contributed by atoms with Gasteiger partial charge in [-0.05, 0) is 56.9 Å². The molecule has 1 aliphatic carbocycles. The van der Waals surface area contributed by atoms with Crippen LogP contribution in [0.1, 0.15) is 52.0 Å². The summed E-state index contributed by atoms with van der Waals surface area (Å²) in [7, 11) is 0. The van der Waals surface area contributed by atoms with Crippen LogP contribution in [-0.4, -0.2) is 26.3 Å². The lowest BCUT2D eigenvalue weighted by Crippen LogP contribution is -2.08. The van der Waals surface area contributed by atoms with Gasteiger partial charge in [0.15, 0.2) is 5.78 Å². The summed E-state index contributed by atoms with van der Waals surface area (Å²) in [6.45, 7) is 4.72. The van der Waals surface area contributed by atoms with Crippen LogP contribution in [0.15, 0.2) is 40.0 Å². The first-order valence-electron chi connectivity index (χ1n) is 9.42. The van der Waals surface area contributed by atoms with Gasteiger partial charge in [-0.2, -0.15) is 0 Å². The lowest BCUT2D eigenvalue weighted by molar-refractivity contribution is 0.102. The minimum atomic E-state index is -0.229. The molecule has 0 saturated heterocycles. The fraction of sp³-hybridized carbons (Fsp3) is 0.381. The zero-order chi connectivity index (χ0) is 19.7. The largest absolute Gasteiger partial charge is 0.416 e. The second-order valence-electron chi connectivity index (χ2n) is 7.21. The second kappa shape index (κ2) is 7.91. The molecule has 1 aliphatic rings. The fourth-order valence-corrected chi connectivity index (χ4v) is 3.95. The SMILES string of the molecule is Cc1cc(C(=O)CSc2nnc(C3CC3)o2)c(C)n1CCc1ccc(F)cc1. The van der Waals surface area contributed by atoms with Gasteiger partial charge >= 0.3 is 0 Å². The predicted octanol–water partition coefficient (Wildman–Crippen LogP) is 4.72. The first-order valence-corrected chi connectivity index (χ1v) is 10.4. The topological polar surface area (TPSA) is 60.9 Å². The maximum absolute atomic E-state index is 13.0. The summed E-state index contributed by atoms with van der Waals surface area (Å²) in [5, 5.41) is 8.53. The Balaban J connectivity index is 1.38. The summed E-state index contributed by atoms with van der Waals surface area (Å²) in [5.41, 5.74) is 3.79. The van der Waals surface area contributed by atoms with Crippen LogP contribution in [0, 0.1) is 19.7 Å². The van der Waals surface area contributed by atoms with Gasteiger partial charge in [0.1, 0.15) is 5.82 Å². The van der Waals surface area contributed by atoms with Crippen LogP contribution in [0.25, 0.3) is 0 Å². The Hall–Kier alpha value is -2.41. The number of Topliss-reactive ketones (excluding diaryl/α,β-unsaturated/α-hetero) is 1. The van der Waals surface area contributed by atoms with Crippen molar-refractivity contribution in [1.82, 2.24) is 14.8 Å². The molecule has 1 saturated carbocycles. The zero-order valence-electron chi connectivity index (χ0n) is 15.9. The number of benzene rings is 1. The molecular formula is C21H22FN3O2S. The van der Waals surface area contributed by atoms with Crippen LogP contribution < -0.4 is 0 Å². The number of ketones is 1. The molecule has 2 aromatic heterocycles. The molecule has 0 unspecified atom stereocenters. The first-order chi connectivity index (χ1) is 13.5. The number of aryl methyl sites for hydroxylation is 2. The molecular weight excluding hydrogens is 377 g/mol. The normalized spacial score (nSPS) is 13.8. The van der Waals surface area contributed by atoms with Gasteiger partial charge in [0, 0.05) is 29.4 Å². The third-order valence-electron chi connectivity index (χ3n) is 5.09. The lowest BCUT2D eigenvalue weighted by Gasteiger charge is -2.10. The van der Waals surface area contributed by atoms with E-state index in [-0.39, 0.29) is 17.4 Å². The molecule has 1 fully saturated rings. The Morgan fingerprint density at radius 1 is 1.25 bits per heavy atom. The average Bonchev–Trinajstić information content (AvgIpc) is 3.36. The number of carbonyl (C=O) groups is 1. The maximum atomic E-state index is 13.0. The molecule has 2 heterocycles. The Kier molecular flexibility index (Phi) is 5.35. The van der Waals surface area contributed by atoms with E-state index in [1.807, 2.05) is 19.9 Å². The molecule has 1 aromatic carbocycles. The summed E-state index contributed by atoms with van der Waals surface area (Å²) in [6, 6.07) is 8.48. The predicted molar refractivity (Wildman–Crippen MR) is 105 cm³/mol. The Morgan fingerprint density at radius 3 is 2.71 bits per heavy atom. The number of halogens is 1. The molecule has 0 atom stereocenters. The lowest BCUT2D eigenvalue weighted by atomic mass is 10.1. The van der Waals surface area contributed by atoms with Crippen LogP contribution in [0.5, 0.6) is 0 Å². The standard InChI is InChI=1S/C21H22FN3O2S/c1-13-11-18(14(2)25(13)10-9-15-3-7-17(22)8-4-15)19(26)12-28-21-24-23-20(27-21)16-5-6-16/h3-4,7-8,11,16H,5-6,9-10,12H2,1-2H3. The van der Waals surface area contributed by atoms with Crippen molar-refractivity contribution in [2.75, 3.05) is 5.75 Å². The number of hydrogen-bond acceptors (Lipinski definition) is 5. The van der Waals surface area contributed by atoms with E-state index in [1.165, 1.54) is 23.9 Å². The summed E-state index contributed by atoms with van der Waals surface area (Å²) < 4.78 is 20.8. The summed E-state index contributed by atoms with van der Waals surface area (Å²) in [6.07, 6.45) is 3.00. The van der Waals surface area contributed by atoms with Gasteiger partial charge in [-0.1, -0.05) is 23.9 Å². The highest BCUT2D eigenvalue weighted by Gasteiger charge is 2.29. The zero-order valence-corrected chi connectivity index (χ0v) is 16.8. The molecule has 3 aromatic rings. The van der Waals surface area contributed by atoms with Crippen LogP contribution in [-0.2, 0) is 13.0 Å². The maximum Gasteiger partial charge on any atom is 0.277 e. The van der Waals surface area contributed by atoms with E-state index >= 15 is 0 Å². The highest BCUT2D eigenvalue weighted by molar-refractivity contribution is 7.99. The average molecular weight is 399 g/mol. The van der Waals surface area contributed by atoms with Gasteiger partial charge in [0.05, 0.1) is 5.75 Å². The van der Waals surface area contributed by atoms with Crippen LogP contribution >= 0.6 is 11.8 Å². The van der Waals surface area contributed by atoms with E-state index in [4.69, 9.17) is 4.42 Å². The number of nitrogens with zero attached hydrogens (tertiary/aromatic N) is 3. The van der Waals surface area contributed by atoms with Gasteiger partial charge in [-0.15, -0.1) is 10.2 Å². The van der Waals surface area contributed by atoms with E-state index in [0.717, 1.165) is 48.3 Å². The van der Waals surface area contributed by atoms with Gasteiger partial charge in [0.25, 0.3) is 5.22 Å². The summed E-state index contributed by atoms with van der Waals surface area (Å²) >= 11 is 1.29. The summed E-state index contributed by atoms with van der Waals surface area (Å²) in [5.74, 6) is 1.20. The number of carbonyl (C=O) groups excluding carboxylic acids is 1. The minimum Gasteiger partial charge on any atom is -0.416 e. The molecule has 0 N–H and O–H groups in total. The van der Waals surface area contributed by atoms with Crippen molar-refractivity contribution < 1.29 is 13.6 Å². The van der Waals surface area contributed by atoms with Gasteiger partial charge in [-0.3, -0.25) is 4.79 Å². The quantitative estimate of drug-likeness (QED) is 0.405. The van der Waals surface area contributed by atoms with Crippen molar-refractivity contribution in [2.45, 2.75) is 50.8 Å². The molecule has 0 radical (unpaired) electrons. The molecule has 28 heavy (non-hydrogen) atoms. The Labute approximate surface area is 167 Å². The minimum absolute atomic E-state index is 0.0531. The third-order valence-corrected chi connectivity index (χ3v) is 5.91. The Bertz CT molecular complexity index is 990. The van der Waals surface area contributed by atoms with Crippen LogP contribution in [0.3, 0.4) is 0 Å². The smallest absolute Gasteiger partial charge is 0.277 e. The van der Waals surface area contributed by atoms with E-state index < -0.39 is 0 Å². The first kappa shape index (κ1) is 18.9.